The normalized spacial score (nSPS) is 16.1. The molecule has 3 heterocycles. The van der Waals surface area contributed by atoms with Crippen molar-refractivity contribution in [2.45, 2.75) is 25.8 Å². The first kappa shape index (κ1) is 25.4. The highest BCUT2D eigenvalue weighted by molar-refractivity contribution is 7.07. The lowest BCUT2D eigenvalue weighted by Crippen LogP contribution is -2.38. The predicted molar refractivity (Wildman–Crippen MR) is 160 cm³/mol. The molecule has 7 rings (SSSR count). The Labute approximate surface area is 243 Å². The zero-order chi connectivity index (χ0) is 28.2. The van der Waals surface area contributed by atoms with E-state index in [1.807, 2.05) is 36.4 Å². The zero-order valence-electron chi connectivity index (χ0n) is 21.8. The van der Waals surface area contributed by atoms with Crippen molar-refractivity contribution in [3.8, 4) is 11.3 Å². The summed E-state index contributed by atoms with van der Waals surface area (Å²) < 4.78 is 8.25. The number of nitrogens with zero attached hydrogens (tertiary/aromatic N) is 3. The highest BCUT2D eigenvalue weighted by atomic mass is 35.5. The van der Waals surface area contributed by atoms with Crippen molar-refractivity contribution < 1.29 is 9.34 Å². The summed E-state index contributed by atoms with van der Waals surface area (Å²) in [7, 11) is 0. The maximum Gasteiger partial charge on any atom is 0.273 e. The molecule has 9 heteroatoms. The fraction of sp³-hybridized carbons (Fsp3) is 0.125. The van der Waals surface area contributed by atoms with Crippen molar-refractivity contribution in [2.75, 3.05) is 0 Å². The number of furan rings is 1. The molecule has 0 N–H and O–H groups in total. The molecule has 0 fully saturated rings. The van der Waals surface area contributed by atoms with Gasteiger partial charge < -0.3 is 4.42 Å². The molecule has 1 aliphatic carbocycles. The fourth-order valence-electron chi connectivity index (χ4n) is 5.67. The SMILES string of the molecule is Cc1ccc(-c2ccc(C=c3sc4n(c3=O)[C@H](c3ccccc3Cl)C3=C(N=4)c4ccccc4CC3)o2)cc1[N+](=O)[O-]. The van der Waals surface area contributed by atoms with E-state index in [0.29, 0.717) is 37.0 Å². The number of nitro groups is 1. The molecule has 5 aromatic rings. The van der Waals surface area contributed by atoms with Gasteiger partial charge in [-0.25, -0.2) is 4.99 Å². The minimum absolute atomic E-state index is 0.0267. The summed E-state index contributed by atoms with van der Waals surface area (Å²) in [6.07, 6.45) is 3.35. The zero-order valence-corrected chi connectivity index (χ0v) is 23.4. The van der Waals surface area contributed by atoms with E-state index in [1.54, 1.807) is 41.8 Å². The quantitative estimate of drug-likeness (QED) is 0.181. The Bertz CT molecular complexity index is 2100. The monoisotopic (exact) mass is 579 g/mol. The maximum atomic E-state index is 14.0. The molecule has 0 bridgehead atoms. The standard InChI is InChI=1S/C32H22ClN3O4S/c1-18-10-11-20(16-26(18)36(38)39)27-15-13-21(40-27)17-28-31(37)35-30(23-8-4-5-9-25(23)33)24-14-12-19-6-2-3-7-22(19)29(24)34-32(35)41-28/h2-11,13,15-17,30H,12,14H2,1H3/t30-/m1/s1. The number of hydrogen-bond donors (Lipinski definition) is 0. The molecule has 3 aromatic carbocycles. The predicted octanol–water partition coefficient (Wildman–Crippen LogP) is 6.45. The minimum Gasteiger partial charge on any atom is -0.457 e. The number of fused-ring (bicyclic) bond motifs is 3. The summed E-state index contributed by atoms with van der Waals surface area (Å²) in [6.45, 7) is 1.70. The Hall–Kier alpha value is -4.53. The van der Waals surface area contributed by atoms with Crippen LogP contribution >= 0.6 is 22.9 Å². The van der Waals surface area contributed by atoms with Gasteiger partial charge in [-0.2, -0.15) is 0 Å². The van der Waals surface area contributed by atoms with Gasteiger partial charge in [-0.3, -0.25) is 19.5 Å². The van der Waals surface area contributed by atoms with Crippen molar-refractivity contribution in [1.82, 2.24) is 4.57 Å². The minimum atomic E-state index is -0.406. The van der Waals surface area contributed by atoms with Gasteiger partial charge in [-0.05, 0) is 54.7 Å². The molecule has 2 aromatic heterocycles. The van der Waals surface area contributed by atoms with E-state index < -0.39 is 4.92 Å². The van der Waals surface area contributed by atoms with Crippen LogP contribution in [0.5, 0.6) is 0 Å². The van der Waals surface area contributed by atoms with Gasteiger partial charge in [0.15, 0.2) is 4.80 Å². The second-order valence-corrected chi connectivity index (χ2v) is 11.5. The Morgan fingerprint density at radius 3 is 2.71 bits per heavy atom. The molecule has 0 saturated heterocycles. The number of rotatable bonds is 4. The number of halogens is 1. The number of aryl methyl sites for hydroxylation is 2. The van der Waals surface area contributed by atoms with Crippen LogP contribution in [-0.2, 0) is 6.42 Å². The van der Waals surface area contributed by atoms with Crippen LogP contribution in [0, 0.1) is 17.0 Å². The van der Waals surface area contributed by atoms with Gasteiger partial charge in [-0.1, -0.05) is 77.5 Å². The van der Waals surface area contributed by atoms with E-state index in [4.69, 9.17) is 21.0 Å². The van der Waals surface area contributed by atoms with Crippen LogP contribution < -0.4 is 14.9 Å². The van der Waals surface area contributed by atoms with Gasteiger partial charge in [-0.15, -0.1) is 0 Å². The first-order chi connectivity index (χ1) is 19.9. The van der Waals surface area contributed by atoms with Gasteiger partial charge in [0.1, 0.15) is 11.5 Å². The molecular formula is C32H22ClN3O4S. The molecule has 0 spiro atoms. The molecule has 0 saturated carbocycles. The van der Waals surface area contributed by atoms with Crippen molar-refractivity contribution in [3.05, 3.63) is 147 Å². The van der Waals surface area contributed by atoms with Crippen LogP contribution in [0.25, 0.3) is 23.1 Å². The van der Waals surface area contributed by atoms with Crippen LogP contribution in [-0.4, -0.2) is 9.49 Å². The van der Waals surface area contributed by atoms with Crippen molar-refractivity contribution in [1.29, 1.82) is 0 Å². The molecule has 7 nitrogen and oxygen atoms in total. The fourth-order valence-corrected chi connectivity index (χ4v) is 6.89. The Morgan fingerprint density at radius 2 is 1.88 bits per heavy atom. The molecule has 1 aliphatic heterocycles. The summed E-state index contributed by atoms with van der Waals surface area (Å²) in [4.78, 5) is 30.6. The molecule has 0 unspecified atom stereocenters. The number of allylic oxidation sites excluding steroid dienone is 1. The molecule has 0 radical (unpaired) electrons. The lowest BCUT2D eigenvalue weighted by atomic mass is 9.83. The van der Waals surface area contributed by atoms with Crippen LogP contribution in [0.2, 0.25) is 5.02 Å². The smallest absolute Gasteiger partial charge is 0.273 e. The highest BCUT2D eigenvalue weighted by Crippen LogP contribution is 2.42. The second kappa shape index (κ2) is 9.83. The van der Waals surface area contributed by atoms with Gasteiger partial charge in [0.05, 0.1) is 21.2 Å². The Balaban J connectivity index is 1.38. The summed E-state index contributed by atoms with van der Waals surface area (Å²) in [5.41, 5.74) is 6.20. The summed E-state index contributed by atoms with van der Waals surface area (Å²) in [5.74, 6) is 0.949. The molecule has 2 aliphatic rings. The van der Waals surface area contributed by atoms with E-state index in [9.17, 15) is 14.9 Å². The summed E-state index contributed by atoms with van der Waals surface area (Å²) in [6, 6.07) is 24.0. The molecule has 41 heavy (non-hydrogen) atoms. The average Bonchev–Trinajstić information content (AvgIpc) is 3.56. The number of nitro benzene ring substituents is 1. The van der Waals surface area contributed by atoms with E-state index in [0.717, 1.165) is 35.2 Å². The van der Waals surface area contributed by atoms with E-state index >= 15 is 0 Å². The number of benzene rings is 3. The molecule has 202 valence electrons. The van der Waals surface area contributed by atoms with Gasteiger partial charge in [0.2, 0.25) is 0 Å². The van der Waals surface area contributed by atoms with Crippen LogP contribution in [0.15, 0.2) is 98.6 Å². The van der Waals surface area contributed by atoms with Crippen molar-refractivity contribution >= 4 is 40.4 Å². The lowest BCUT2D eigenvalue weighted by Gasteiger charge is -2.31. The van der Waals surface area contributed by atoms with E-state index in [1.165, 1.54) is 23.0 Å². The highest BCUT2D eigenvalue weighted by Gasteiger charge is 2.33. The van der Waals surface area contributed by atoms with E-state index in [2.05, 4.69) is 12.1 Å². The molecule has 1 atom stereocenters. The van der Waals surface area contributed by atoms with Crippen LogP contribution in [0.3, 0.4) is 0 Å². The third-order valence-electron chi connectivity index (χ3n) is 7.66. The maximum absolute atomic E-state index is 14.0. The van der Waals surface area contributed by atoms with Crippen LogP contribution in [0.1, 0.15) is 40.5 Å². The Morgan fingerprint density at radius 1 is 1.07 bits per heavy atom. The molecular weight excluding hydrogens is 558 g/mol. The van der Waals surface area contributed by atoms with Crippen LogP contribution in [0.4, 0.5) is 5.69 Å². The average molecular weight is 580 g/mol. The van der Waals surface area contributed by atoms with Crippen molar-refractivity contribution in [3.63, 3.8) is 0 Å². The second-order valence-electron chi connectivity index (χ2n) is 10.1. The van der Waals surface area contributed by atoms with Gasteiger partial charge in [0, 0.05) is 33.9 Å². The lowest BCUT2D eigenvalue weighted by molar-refractivity contribution is -0.385. The number of aromatic nitrogens is 1. The number of thiazole rings is 1. The summed E-state index contributed by atoms with van der Waals surface area (Å²) in [5, 5.41) is 12.0. The third kappa shape index (κ3) is 4.27. The topological polar surface area (TPSA) is 90.6 Å². The Kier molecular flexibility index (Phi) is 6.10. The van der Waals surface area contributed by atoms with Gasteiger partial charge in [0.25, 0.3) is 11.2 Å². The number of hydrogen-bond acceptors (Lipinski definition) is 6. The summed E-state index contributed by atoms with van der Waals surface area (Å²) >= 11 is 8.02. The van der Waals surface area contributed by atoms with Gasteiger partial charge >= 0.3 is 0 Å². The third-order valence-corrected chi connectivity index (χ3v) is 8.99. The first-order valence-corrected chi connectivity index (χ1v) is 14.3. The molecule has 0 amide bonds. The van der Waals surface area contributed by atoms with Crippen molar-refractivity contribution in [2.24, 2.45) is 4.99 Å². The largest absolute Gasteiger partial charge is 0.457 e. The first-order valence-electron chi connectivity index (χ1n) is 13.1. The van der Waals surface area contributed by atoms with E-state index in [-0.39, 0.29) is 17.3 Å².